The van der Waals surface area contributed by atoms with Crippen molar-refractivity contribution in [1.82, 2.24) is 14.0 Å². The molecule has 0 spiro atoms. The van der Waals surface area contributed by atoms with Gasteiger partial charge in [0.2, 0.25) is 20.0 Å². The maximum absolute atomic E-state index is 12.8. The number of aryl methyl sites for hydroxylation is 2. The van der Waals surface area contributed by atoms with E-state index in [1.165, 1.54) is 28.6 Å². The average molecular weight is 462 g/mol. The van der Waals surface area contributed by atoms with Crippen LogP contribution in [0, 0.1) is 13.8 Å². The first-order chi connectivity index (χ1) is 14.7. The second-order valence-corrected chi connectivity index (χ2v) is 11.7. The number of aromatic amines is 1. The van der Waals surface area contributed by atoms with E-state index in [-0.39, 0.29) is 16.3 Å². The maximum atomic E-state index is 12.8. The molecule has 31 heavy (non-hydrogen) atoms. The van der Waals surface area contributed by atoms with Gasteiger partial charge in [-0.15, -0.1) is 0 Å². The van der Waals surface area contributed by atoms with E-state index in [9.17, 15) is 16.8 Å². The van der Waals surface area contributed by atoms with Gasteiger partial charge in [0.25, 0.3) is 0 Å². The Morgan fingerprint density at radius 3 is 2.23 bits per heavy atom. The van der Waals surface area contributed by atoms with Crippen LogP contribution >= 0.6 is 0 Å². The number of sulfonamides is 2. The van der Waals surface area contributed by atoms with Crippen LogP contribution < -0.4 is 4.72 Å². The van der Waals surface area contributed by atoms with Crippen molar-refractivity contribution < 1.29 is 16.8 Å². The van der Waals surface area contributed by atoms with Crippen LogP contribution in [0.2, 0.25) is 0 Å². The van der Waals surface area contributed by atoms with Crippen LogP contribution in [-0.4, -0.2) is 39.2 Å². The van der Waals surface area contributed by atoms with Crippen LogP contribution in [0.15, 0.2) is 52.3 Å². The lowest BCUT2D eigenvalue weighted by Gasteiger charge is -2.25. The minimum atomic E-state index is -3.77. The number of piperidine rings is 1. The number of nitrogens with one attached hydrogen (secondary N) is 2. The highest BCUT2D eigenvalue weighted by Crippen LogP contribution is 2.24. The van der Waals surface area contributed by atoms with Crippen molar-refractivity contribution in [3.8, 4) is 0 Å². The molecule has 166 valence electrons. The largest absolute Gasteiger partial charge is 0.358 e. The third-order valence-electron chi connectivity index (χ3n) is 5.93. The molecule has 0 amide bonds. The summed E-state index contributed by atoms with van der Waals surface area (Å²) in [5.74, 6) is 0. The number of hydrogen-bond acceptors (Lipinski definition) is 4. The molecule has 0 bridgehead atoms. The number of H-pyrrole nitrogens is 1. The Morgan fingerprint density at radius 2 is 1.55 bits per heavy atom. The predicted molar refractivity (Wildman–Crippen MR) is 121 cm³/mol. The highest BCUT2D eigenvalue weighted by molar-refractivity contribution is 7.89. The monoisotopic (exact) mass is 461 g/mol. The van der Waals surface area contributed by atoms with Gasteiger partial charge >= 0.3 is 0 Å². The van der Waals surface area contributed by atoms with Crippen LogP contribution in [0.3, 0.4) is 0 Å². The van der Waals surface area contributed by atoms with E-state index in [1.807, 2.05) is 32.0 Å². The SMILES string of the molecule is Cc1[nH]c2ccc(CNS(=O)(=O)c3ccc(S(=O)(=O)N4CCCCC4)cc3)cc2c1C. The smallest absolute Gasteiger partial charge is 0.243 e. The Bertz CT molecular complexity index is 1300. The summed E-state index contributed by atoms with van der Waals surface area (Å²) in [5, 5.41) is 1.07. The summed E-state index contributed by atoms with van der Waals surface area (Å²) in [6, 6.07) is 11.2. The molecule has 3 aromatic rings. The van der Waals surface area contributed by atoms with E-state index < -0.39 is 20.0 Å². The van der Waals surface area contributed by atoms with Gasteiger partial charge < -0.3 is 4.98 Å². The fraction of sp³-hybridized carbons (Fsp3) is 0.364. The van der Waals surface area contributed by atoms with Crippen molar-refractivity contribution >= 4 is 30.9 Å². The van der Waals surface area contributed by atoms with Gasteiger partial charge in [-0.05, 0) is 74.2 Å². The molecule has 0 atom stereocenters. The highest BCUT2D eigenvalue weighted by atomic mass is 32.2. The molecule has 4 rings (SSSR count). The minimum Gasteiger partial charge on any atom is -0.358 e. The third kappa shape index (κ3) is 4.41. The van der Waals surface area contributed by atoms with Crippen molar-refractivity contribution in [2.24, 2.45) is 0 Å². The van der Waals surface area contributed by atoms with E-state index in [0.29, 0.717) is 13.1 Å². The quantitative estimate of drug-likeness (QED) is 0.587. The van der Waals surface area contributed by atoms with Crippen LogP contribution in [0.4, 0.5) is 0 Å². The molecule has 0 saturated carbocycles. The fourth-order valence-electron chi connectivity index (χ4n) is 3.93. The summed E-state index contributed by atoms with van der Waals surface area (Å²) >= 11 is 0. The zero-order valence-electron chi connectivity index (χ0n) is 17.7. The lowest BCUT2D eigenvalue weighted by atomic mass is 10.1. The number of hydrogen-bond donors (Lipinski definition) is 2. The zero-order valence-corrected chi connectivity index (χ0v) is 19.3. The molecule has 1 aromatic heterocycles. The number of aromatic nitrogens is 1. The molecule has 1 aliphatic heterocycles. The van der Waals surface area contributed by atoms with E-state index in [4.69, 9.17) is 0 Å². The molecule has 2 aromatic carbocycles. The number of fused-ring (bicyclic) bond motifs is 1. The van der Waals surface area contributed by atoms with Crippen LogP contribution in [0.25, 0.3) is 10.9 Å². The van der Waals surface area contributed by atoms with Gasteiger partial charge in [-0.2, -0.15) is 4.31 Å². The maximum Gasteiger partial charge on any atom is 0.243 e. The topological polar surface area (TPSA) is 99.3 Å². The normalized spacial score (nSPS) is 16.1. The van der Waals surface area contributed by atoms with E-state index in [1.54, 1.807) is 0 Å². The molecule has 0 radical (unpaired) electrons. The lowest BCUT2D eigenvalue weighted by Crippen LogP contribution is -2.35. The molecular formula is C22H27N3O4S2. The van der Waals surface area contributed by atoms with Crippen LogP contribution in [0.1, 0.15) is 36.1 Å². The van der Waals surface area contributed by atoms with Gasteiger partial charge in [-0.1, -0.05) is 12.5 Å². The van der Waals surface area contributed by atoms with E-state index in [2.05, 4.69) is 9.71 Å². The van der Waals surface area contributed by atoms with Gasteiger partial charge in [0.1, 0.15) is 0 Å². The van der Waals surface area contributed by atoms with Gasteiger partial charge in [-0.25, -0.2) is 21.6 Å². The van der Waals surface area contributed by atoms with Gasteiger partial charge in [0.15, 0.2) is 0 Å². The molecule has 0 unspecified atom stereocenters. The molecule has 0 aliphatic carbocycles. The number of nitrogens with zero attached hydrogens (tertiary/aromatic N) is 1. The fourth-order valence-corrected chi connectivity index (χ4v) is 6.46. The molecule has 2 N–H and O–H groups in total. The predicted octanol–water partition coefficient (Wildman–Crippen LogP) is 3.44. The standard InChI is InChI=1S/C22H27N3O4S2/c1-16-17(2)24-22-11-6-18(14-21(16)22)15-23-30(26,27)19-7-9-20(10-8-19)31(28,29)25-12-4-3-5-13-25/h6-11,14,23-24H,3-5,12-13,15H2,1-2H3. The summed E-state index contributed by atoms with van der Waals surface area (Å²) in [6.45, 7) is 5.20. The van der Waals surface area contributed by atoms with Gasteiger partial charge in [-0.3, -0.25) is 0 Å². The first-order valence-electron chi connectivity index (χ1n) is 10.4. The highest BCUT2D eigenvalue weighted by Gasteiger charge is 2.26. The van der Waals surface area contributed by atoms with E-state index >= 15 is 0 Å². The summed E-state index contributed by atoms with van der Waals surface area (Å²) in [6.07, 6.45) is 2.73. The van der Waals surface area contributed by atoms with Crippen molar-refractivity contribution in [1.29, 1.82) is 0 Å². The summed E-state index contributed by atoms with van der Waals surface area (Å²) in [4.78, 5) is 3.47. The summed E-state index contributed by atoms with van der Waals surface area (Å²) in [7, 11) is -7.36. The Balaban J connectivity index is 1.49. The Kier molecular flexibility index (Phi) is 5.95. The van der Waals surface area contributed by atoms with Gasteiger partial charge in [0.05, 0.1) is 9.79 Å². The van der Waals surface area contributed by atoms with E-state index in [0.717, 1.165) is 47.0 Å². The second-order valence-electron chi connectivity index (χ2n) is 8.02. The molecule has 7 nitrogen and oxygen atoms in total. The Morgan fingerprint density at radius 1 is 0.903 bits per heavy atom. The molecular weight excluding hydrogens is 434 g/mol. The zero-order chi connectivity index (χ0) is 22.2. The van der Waals surface area contributed by atoms with Crippen molar-refractivity contribution in [3.63, 3.8) is 0 Å². The molecule has 1 aliphatic rings. The summed E-state index contributed by atoms with van der Waals surface area (Å²) < 4.78 is 55.0. The summed E-state index contributed by atoms with van der Waals surface area (Å²) in [5.41, 5.74) is 4.10. The van der Waals surface area contributed by atoms with Crippen molar-refractivity contribution in [3.05, 3.63) is 59.3 Å². The second kappa shape index (κ2) is 8.38. The molecule has 9 heteroatoms. The minimum absolute atomic E-state index is 0.0415. The van der Waals surface area contributed by atoms with Crippen LogP contribution in [-0.2, 0) is 26.6 Å². The van der Waals surface area contributed by atoms with Crippen molar-refractivity contribution in [2.75, 3.05) is 13.1 Å². The van der Waals surface area contributed by atoms with Gasteiger partial charge in [0, 0.05) is 36.2 Å². The molecule has 2 heterocycles. The average Bonchev–Trinajstić information content (AvgIpc) is 3.06. The number of rotatable bonds is 6. The lowest BCUT2D eigenvalue weighted by molar-refractivity contribution is 0.346. The third-order valence-corrected chi connectivity index (χ3v) is 9.26. The van der Waals surface area contributed by atoms with Crippen molar-refractivity contribution in [2.45, 2.75) is 49.4 Å². The first-order valence-corrected chi connectivity index (χ1v) is 13.3. The number of benzene rings is 2. The molecule has 1 saturated heterocycles. The Labute approximate surface area is 183 Å². The Hall–Kier alpha value is -2.20. The first kappa shape index (κ1) is 22.0. The van der Waals surface area contributed by atoms with Crippen LogP contribution in [0.5, 0.6) is 0 Å². The molecule has 1 fully saturated rings.